The summed E-state index contributed by atoms with van der Waals surface area (Å²) in [6.45, 7) is 0. The van der Waals surface area contributed by atoms with E-state index in [1.54, 1.807) is 0 Å². The van der Waals surface area contributed by atoms with Crippen molar-refractivity contribution in [3.8, 4) is 0 Å². The molecule has 50 valence electrons. The van der Waals surface area contributed by atoms with Crippen LogP contribution in [0.4, 0.5) is 0 Å². The van der Waals surface area contributed by atoms with Crippen LogP contribution in [-0.4, -0.2) is 22.1 Å². The van der Waals surface area contributed by atoms with E-state index in [4.69, 9.17) is 0 Å². The Kier molecular flexibility index (Phi) is 1.92. The highest BCUT2D eigenvalue weighted by Gasteiger charge is 2.18. The first-order chi connectivity index (χ1) is 4.20. The lowest BCUT2D eigenvalue weighted by molar-refractivity contribution is -0.307. The molecule has 9 heavy (non-hydrogen) atoms. The molecule has 0 aliphatic carbocycles. The molecule has 3 nitrogen and oxygen atoms in total. The second-order valence-corrected chi connectivity index (χ2v) is 3.31. The summed E-state index contributed by atoms with van der Waals surface area (Å²) < 4.78 is 0.546. The second-order valence-electron chi connectivity index (χ2n) is 1.61. The largest absolute Gasteiger partial charge is 0.548 e. The number of carboxylic acids is 1. The van der Waals surface area contributed by atoms with Gasteiger partial charge in [-0.3, -0.25) is 0 Å². The number of aliphatic carboxylic acids is 1. The number of nitrogens with one attached hydrogen (secondary N) is 1. The molecule has 1 fully saturated rings. The highest BCUT2D eigenvalue weighted by Crippen LogP contribution is 2.12. The van der Waals surface area contributed by atoms with Crippen LogP contribution in [0.15, 0.2) is 0 Å². The molecule has 0 saturated carbocycles. The molecule has 1 saturated heterocycles. The number of carbonyl (C=O) groups excluding carboxylic acids is 1. The summed E-state index contributed by atoms with van der Waals surface area (Å²) in [4.78, 5) is 10.1. The molecule has 1 unspecified atom stereocenters. The third kappa shape index (κ3) is 1.56. The Labute approximate surface area is 61.8 Å². The lowest BCUT2D eigenvalue weighted by Gasteiger charge is -2.08. The van der Waals surface area contributed by atoms with Gasteiger partial charge in [0.2, 0.25) is 0 Å². The van der Waals surface area contributed by atoms with Crippen molar-refractivity contribution in [2.75, 3.05) is 5.75 Å². The fourth-order valence-corrected chi connectivity index (χ4v) is 1.62. The van der Waals surface area contributed by atoms with Crippen LogP contribution in [0.25, 0.3) is 0 Å². The van der Waals surface area contributed by atoms with Crippen molar-refractivity contribution < 1.29 is 9.90 Å². The van der Waals surface area contributed by atoms with Crippen molar-refractivity contribution in [2.45, 2.75) is 6.04 Å². The first-order valence-electron chi connectivity index (χ1n) is 2.34. The summed E-state index contributed by atoms with van der Waals surface area (Å²) in [5, 5.41) is 12.7. The minimum atomic E-state index is -1.08. The van der Waals surface area contributed by atoms with Gasteiger partial charge >= 0.3 is 0 Å². The van der Waals surface area contributed by atoms with Crippen LogP contribution in [0.1, 0.15) is 0 Å². The first-order valence-corrected chi connectivity index (χ1v) is 3.73. The van der Waals surface area contributed by atoms with E-state index in [1.165, 1.54) is 11.8 Å². The van der Waals surface area contributed by atoms with Crippen LogP contribution in [0.2, 0.25) is 0 Å². The molecule has 1 heterocycles. The Morgan fingerprint density at radius 1 is 2.00 bits per heavy atom. The third-order valence-electron chi connectivity index (χ3n) is 0.958. The minimum Gasteiger partial charge on any atom is -0.548 e. The molecule has 1 N–H and O–H groups in total. The van der Waals surface area contributed by atoms with E-state index in [1.807, 2.05) is 0 Å². The van der Waals surface area contributed by atoms with Gasteiger partial charge in [0.05, 0.1) is 12.0 Å². The number of carboxylic acid groups (broad SMARTS) is 1. The minimum absolute atomic E-state index is 0.487. The smallest absolute Gasteiger partial charge is 0.134 e. The van der Waals surface area contributed by atoms with Crippen molar-refractivity contribution >= 4 is 34.3 Å². The summed E-state index contributed by atoms with van der Waals surface area (Å²) in [5.74, 6) is -0.594. The van der Waals surface area contributed by atoms with Crippen LogP contribution in [0.5, 0.6) is 0 Å². The predicted molar refractivity (Wildman–Crippen MR) is 37.0 cm³/mol. The van der Waals surface area contributed by atoms with Crippen LogP contribution in [0.3, 0.4) is 0 Å². The van der Waals surface area contributed by atoms with E-state index in [0.717, 1.165) is 0 Å². The third-order valence-corrected chi connectivity index (χ3v) is 2.31. The lowest BCUT2D eigenvalue weighted by Crippen LogP contribution is -2.43. The van der Waals surface area contributed by atoms with E-state index >= 15 is 0 Å². The Morgan fingerprint density at radius 2 is 2.67 bits per heavy atom. The number of hydrogen-bond acceptors (Lipinski definition) is 4. The van der Waals surface area contributed by atoms with E-state index in [9.17, 15) is 9.90 Å². The predicted octanol–water partition coefficient (Wildman–Crippen LogP) is -1.27. The van der Waals surface area contributed by atoms with Crippen LogP contribution in [-0.2, 0) is 4.79 Å². The maximum Gasteiger partial charge on any atom is 0.134 e. The zero-order chi connectivity index (χ0) is 6.85. The zero-order valence-corrected chi connectivity index (χ0v) is 6.05. The Morgan fingerprint density at radius 3 is 2.89 bits per heavy atom. The number of rotatable bonds is 1. The normalized spacial score (nSPS) is 25.8. The molecule has 0 aromatic rings. The van der Waals surface area contributed by atoms with Gasteiger partial charge in [-0.05, 0) is 0 Å². The molecule has 0 spiro atoms. The number of thioether (sulfide) groups is 1. The van der Waals surface area contributed by atoms with E-state index < -0.39 is 12.0 Å². The van der Waals surface area contributed by atoms with E-state index in [2.05, 4.69) is 17.5 Å². The van der Waals surface area contributed by atoms with Crippen LogP contribution in [0, 0.1) is 0 Å². The van der Waals surface area contributed by atoms with Gasteiger partial charge in [0.25, 0.3) is 0 Å². The average molecular weight is 162 g/mol. The van der Waals surface area contributed by atoms with E-state index in [0.29, 0.717) is 10.1 Å². The lowest BCUT2D eigenvalue weighted by atomic mass is 10.4. The van der Waals surface area contributed by atoms with Gasteiger partial charge in [0.1, 0.15) is 4.32 Å². The molecule has 0 bridgehead atoms. The molecule has 0 aromatic carbocycles. The topological polar surface area (TPSA) is 52.2 Å². The molecular weight excluding hydrogens is 158 g/mol. The standard InChI is InChI=1S/C4H5NO2S2/c6-3(7)2-1-9-4(8)5-2/h2H,1H2,(H,5,8)(H,6,7)/p-1. The van der Waals surface area contributed by atoms with Crippen molar-refractivity contribution in [3.63, 3.8) is 0 Å². The molecule has 1 aliphatic rings. The molecule has 0 amide bonds. The second kappa shape index (κ2) is 2.53. The first kappa shape index (κ1) is 6.82. The van der Waals surface area contributed by atoms with Gasteiger partial charge < -0.3 is 15.2 Å². The average Bonchev–Trinajstić information content (AvgIpc) is 2.14. The Balaban J connectivity index is 2.48. The summed E-state index contributed by atoms with van der Waals surface area (Å²) >= 11 is 6.01. The number of hydrogen-bond donors (Lipinski definition) is 1. The van der Waals surface area contributed by atoms with Gasteiger partial charge in [-0.1, -0.05) is 24.0 Å². The number of thiocarbonyl (C=S) groups is 1. The summed E-state index contributed by atoms with van der Waals surface area (Å²) in [7, 11) is 0. The van der Waals surface area contributed by atoms with Crippen molar-refractivity contribution in [1.29, 1.82) is 0 Å². The van der Waals surface area contributed by atoms with Gasteiger partial charge in [-0.2, -0.15) is 0 Å². The monoisotopic (exact) mass is 162 g/mol. The molecule has 1 atom stereocenters. The Bertz CT molecular complexity index is 159. The molecule has 1 aliphatic heterocycles. The Hall–Kier alpha value is -0.290. The van der Waals surface area contributed by atoms with Gasteiger partial charge in [-0.25, -0.2) is 0 Å². The van der Waals surface area contributed by atoms with E-state index in [-0.39, 0.29) is 0 Å². The van der Waals surface area contributed by atoms with Crippen molar-refractivity contribution in [1.82, 2.24) is 5.32 Å². The van der Waals surface area contributed by atoms with Crippen molar-refractivity contribution in [3.05, 3.63) is 0 Å². The fourth-order valence-electron chi connectivity index (χ4n) is 0.512. The molecular formula is C4H4NO2S2-. The van der Waals surface area contributed by atoms with Crippen molar-refractivity contribution in [2.24, 2.45) is 0 Å². The summed E-state index contributed by atoms with van der Waals surface area (Å²) in [6.07, 6.45) is 0. The summed E-state index contributed by atoms with van der Waals surface area (Å²) in [6, 6.07) is -0.581. The van der Waals surface area contributed by atoms with Crippen LogP contribution >= 0.6 is 24.0 Å². The zero-order valence-electron chi connectivity index (χ0n) is 4.42. The molecule has 0 radical (unpaired) electrons. The van der Waals surface area contributed by atoms with Crippen LogP contribution < -0.4 is 10.4 Å². The van der Waals surface area contributed by atoms with Gasteiger partial charge in [0.15, 0.2) is 0 Å². The highest BCUT2D eigenvalue weighted by atomic mass is 32.2. The molecule has 1 rings (SSSR count). The molecule has 0 aromatic heterocycles. The number of carbonyl (C=O) groups is 1. The SMILES string of the molecule is O=C([O-])C1CSC(=S)N1. The quantitative estimate of drug-likeness (QED) is 0.487. The molecule has 5 heteroatoms. The maximum absolute atomic E-state index is 10.1. The van der Waals surface area contributed by atoms with Gasteiger partial charge in [-0.15, -0.1) is 0 Å². The fraction of sp³-hybridized carbons (Fsp3) is 0.500. The summed E-state index contributed by atoms with van der Waals surface area (Å²) in [5.41, 5.74) is 0. The van der Waals surface area contributed by atoms with Gasteiger partial charge in [0, 0.05) is 5.75 Å². The maximum atomic E-state index is 10.1. The highest BCUT2D eigenvalue weighted by molar-refractivity contribution is 8.23.